The zero-order valence-electron chi connectivity index (χ0n) is 28.7. The van der Waals surface area contributed by atoms with E-state index in [0.29, 0.717) is 0 Å². The van der Waals surface area contributed by atoms with E-state index < -0.39 is 0 Å². The van der Waals surface area contributed by atoms with E-state index in [9.17, 15) is 0 Å². The number of benzene rings is 6. The molecule has 0 bridgehead atoms. The summed E-state index contributed by atoms with van der Waals surface area (Å²) in [6.45, 7) is 0. The Morgan fingerprint density at radius 3 is 2.08 bits per heavy atom. The summed E-state index contributed by atoms with van der Waals surface area (Å²) in [4.78, 5) is 0. The number of aromatic nitrogens is 2. The van der Waals surface area contributed by atoms with Crippen molar-refractivity contribution < 1.29 is 0 Å². The summed E-state index contributed by atoms with van der Waals surface area (Å²) >= 11 is 0. The van der Waals surface area contributed by atoms with Gasteiger partial charge in [-0.15, -0.1) is 0 Å². The Hall–Kier alpha value is -6.58. The van der Waals surface area contributed by atoms with Crippen LogP contribution in [0.5, 0.6) is 0 Å². The molecular weight excluding hydrogens is 631 g/mol. The molecule has 246 valence electrons. The van der Waals surface area contributed by atoms with Gasteiger partial charge in [-0.25, -0.2) is 0 Å². The van der Waals surface area contributed by atoms with E-state index in [4.69, 9.17) is 5.73 Å². The second-order valence-corrected chi connectivity index (χ2v) is 14.1. The first kappa shape index (κ1) is 29.2. The molecule has 11 rings (SSSR count). The lowest BCUT2D eigenvalue weighted by molar-refractivity contribution is 1.02. The molecule has 3 aliphatic carbocycles. The number of hydrogen-bond acceptors (Lipinski definition) is 1. The van der Waals surface area contributed by atoms with Crippen LogP contribution in [0.2, 0.25) is 0 Å². The highest BCUT2D eigenvalue weighted by atomic mass is 15.0. The Bertz CT molecular complexity index is 3040. The fourth-order valence-corrected chi connectivity index (χ4v) is 9.11. The van der Waals surface area contributed by atoms with Gasteiger partial charge in [-0.3, -0.25) is 0 Å². The van der Waals surface area contributed by atoms with Gasteiger partial charge in [0.25, 0.3) is 0 Å². The van der Waals surface area contributed by atoms with Crippen LogP contribution in [0.1, 0.15) is 30.4 Å². The summed E-state index contributed by atoms with van der Waals surface area (Å²) < 4.78 is 4.91. The first-order valence-electron chi connectivity index (χ1n) is 18.3. The first-order chi connectivity index (χ1) is 25.8. The molecule has 3 aliphatic rings. The highest BCUT2D eigenvalue weighted by Crippen LogP contribution is 2.48. The third kappa shape index (κ3) is 4.14. The molecule has 0 spiro atoms. The van der Waals surface area contributed by atoms with Crippen molar-refractivity contribution in [1.29, 1.82) is 0 Å². The van der Waals surface area contributed by atoms with Gasteiger partial charge in [0.15, 0.2) is 0 Å². The van der Waals surface area contributed by atoms with Gasteiger partial charge in [0.1, 0.15) is 0 Å². The largest absolute Gasteiger partial charge is 0.405 e. The van der Waals surface area contributed by atoms with Gasteiger partial charge in [0.05, 0.1) is 22.1 Å². The quantitative estimate of drug-likeness (QED) is 0.200. The Kier molecular flexibility index (Phi) is 6.29. The minimum atomic E-state index is 0.850. The van der Waals surface area contributed by atoms with E-state index in [-0.39, 0.29) is 0 Å². The van der Waals surface area contributed by atoms with E-state index in [2.05, 4.69) is 167 Å². The van der Waals surface area contributed by atoms with Crippen LogP contribution in [0.25, 0.3) is 88.1 Å². The molecule has 2 N–H and O–H groups in total. The summed E-state index contributed by atoms with van der Waals surface area (Å²) in [5, 5.41) is 7.66. The van der Waals surface area contributed by atoms with Crippen LogP contribution in [0.4, 0.5) is 0 Å². The molecule has 3 heteroatoms. The number of allylic oxidation sites excluding steroid dienone is 11. The first-order valence-corrected chi connectivity index (χ1v) is 18.3. The zero-order valence-corrected chi connectivity index (χ0v) is 28.7. The third-order valence-electron chi connectivity index (χ3n) is 11.4. The summed E-state index contributed by atoms with van der Waals surface area (Å²) in [5.74, 6) is 0. The van der Waals surface area contributed by atoms with Gasteiger partial charge in [0.2, 0.25) is 0 Å². The molecule has 0 atom stereocenters. The molecule has 2 aromatic heterocycles. The smallest absolute Gasteiger partial charge is 0.0547 e. The lowest BCUT2D eigenvalue weighted by Gasteiger charge is -2.17. The summed E-state index contributed by atoms with van der Waals surface area (Å²) in [6, 6.07) is 45.0. The fourth-order valence-electron chi connectivity index (χ4n) is 9.11. The van der Waals surface area contributed by atoms with Crippen molar-refractivity contribution in [3.8, 4) is 11.1 Å². The number of rotatable bonds is 4. The number of fused-ring (bicyclic) bond motifs is 11. The average Bonchev–Trinajstić information content (AvgIpc) is 3.83. The standard InChI is InChI=1S/C49H35N3/c50-27-26-40-37-14-6-7-15-38(37)42-30-35(21-22-39(40)42)52-47-24-20-33(29-44(47)49-36-13-5-4-10-31(36)18-25-48(49)52)32-19-23-46-43(28-32)41-16-8-9-17-45(41)51(46)34-11-2-1-3-12-34/h2,4-21,23-30H,1,3,22,50H2/b27-26-. The molecule has 0 saturated heterocycles. The SMILES string of the molecule is N/C=C\C1=C2CC=C(n3c4ccc(-c5ccc6c(c5)c5ccccc5n6C5=CCCC=C5)cc4c4c5ccccc5ccc43)C=C2c2ccccc21. The number of nitrogens with two attached hydrogens (primary N) is 1. The topological polar surface area (TPSA) is 35.9 Å². The molecule has 0 unspecified atom stereocenters. The minimum Gasteiger partial charge on any atom is -0.405 e. The molecule has 8 aromatic rings. The van der Waals surface area contributed by atoms with Crippen molar-refractivity contribution in [2.45, 2.75) is 19.3 Å². The molecule has 0 aliphatic heterocycles. The number of para-hydroxylation sites is 1. The van der Waals surface area contributed by atoms with Crippen molar-refractivity contribution in [2.24, 2.45) is 5.73 Å². The van der Waals surface area contributed by atoms with Gasteiger partial charge >= 0.3 is 0 Å². The molecule has 52 heavy (non-hydrogen) atoms. The maximum Gasteiger partial charge on any atom is 0.0547 e. The van der Waals surface area contributed by atoms with Gasteiger partial charge < -0.3 is 14.9 Å². The summed E-state index contributed by atoms with van der Waals surface area (Å²) in [7, 11) is 0. The van der Waals surface area contributed by atoms with Gasteiger partial charge in [-0.1, -0.05) is 103 Å². The molecule has 0 fully saturated rings. The molecule has 6 aromatic carbocycles. The Balaban J connectivity index is 1.13. The zero-order chi connectivity index (χ0) is 34.3. The van der Waals surface area contributed by atoms with Gasteiger partial charge in [-0.05, 0) is 130 Å². The van der Waals surface area contributed by atoms with E-state index in [1.807, 2.05) is 0 Å². The van der Waals surface area contributed by atoms with Crippen LogP contribution in [-0.2, 0) is 0 Å². The normalized spacial score (nSPS) is 15.7. The highest BCUT2D eigenvalue weighted by Gasteiger charge is 2.28. The van der Waals surface area contributed by atoms with Crippen molar-refractivity contribution in [3.63, 3.8) is 0 Å². The van der Waals surface area contributed by atoms with Crippen LogP contribution in [0.15, 0.2) is 170 Å². The van der Waals surface area contributed by atoms with E-state index in [0.717, 1.165) is 19.3 Å². The van der Waals surface area contributed by atoms with E-state index >= 15 is 0 Å². The molecule has 3 nitrogen and oxygen atoms in total. The van der Waals surface area contributed by atoms with Gasteiger partial charge in [-0.2, -0.15) is 0 Å². The number of hydrogen-bond donors (Lipinski definition) is 1. The van der Waals surface area contributed by atoms with Crippen LogP contribution >= 0.6 is 0 Å². The molecule has 0 saturated carbocycles. The maximum absolute atomic E-state index is 5.94. The van der Waals surface area contributed by atoms with Crippen LogP contribution < -0.4 is 5.73 Å². The maximum atomic E-state index is 5.94. The van der Waals surface area contributed by atoms with Crippen LogP contribution in [-0.4, -0.2) is 9.13 Å². The van der Waals surface area contributed by atoms with Crippen molar-refractivity contribution in [2.75, 3.05) is 0 Å². The second-order valence-electron chi connectivity index (χ2n) is 14.1. The Morgan fingerprint density at radius 2 is 1.25 bits per heavy atom. The van der Waals surface area contributed by atoms with E-state index in [1.54, 1.807) is 6.20 Å². The third-order valence-corrected chi connectivity index (χ3v) is 11.4. The minimum absolute atomic E-state index is 0.850. The highest BCUT2D eigenvalue weighted by molar-refractivity contribution is 6.23. The van der Waals surface area contributed by atoms with Crippen LogP contribution in [0.3, 0.4) is 0 Å². The van der Waals surface area contributed by atoms with E-state index in [1.165, 1.54) is 105 Å². The monoisotopic (exact) mass is 665 g/mol. The van der Waals surface area contributed by atoms with Crippen molar-refractivity contribution in [1.82, 2.24) is 9.13 Å². The predicted octanol–water partition coefficient (Wildman–Crippen LogP) is 12.5. The predicted molar refractivity (Wildman–Crippen MR) is 222 cm³/mol. The summed E-state index contributed by atoms with van der Waals surface area (Å²) in [6.07, 6.45) is 18.5. The molecular formula is C49H35N3. The molecule has 0 radical (unpaired) electrons. The molecule has 0 amide bonds. The second kappa shape index (κ2) is 11.2. The lowest BCUT2D eigenvalue weighted by Crippen LogP contribution is -2.00. The van der Waals surface area contributed by atoms with Gasteiger partial charge in [0, 0.05) is 32.9 Å². The summed E-state index contributed by atoms with van der Waals surface area (Å²) in [5.41, 5.74) is 22.2. The Labute approximate surface area is 301 Å². The number of nitrogens with zero attached hydrogens (tertiary/aromatic N) is 2. The van der Waals surface area contributed by atoms with Crippen molar-refractivity contribution in [3.05, 3.63) is 181 Å². The molecule has 2 heterocycles. The Morgan fingerprint density at radius 1 is 0.558 bits per heavy atom. The van der Waals surface area contributed by atoms with Crippen molar-refractivity contribution >= 4 is 76.9 Å². The average molecular weight is 666 g/mol. The lowest BCUT2D eigenvalue weighted by atomic mass is 9.94. The van der Waals surface area contributed by atoms with Crippen LogP contribution in [0, 0.1) is 0 Å². The fraction of sp³-hybridized carbons (Fsp3) is 0.0612.